The molecule has 3 rings (SSSR count). The number of nitrogens with zero attached hydrogens (tertiary/aromatic N) is 1. The van der Waals surface area contributed by atoms with Crippen LogP contribution in [-0.4, -0.2) is 31.1 Å². The van der Waals surface area contributed by atoms with Crippen LogP contribution in [0.2, 0.25) is 0 Å². The summed E-state index contributed by atoms with van der Waals surface area (Å²) in [5.41, 5.74) is 2.25. The molecular formula is C22H24FNO3. The van der Waals surface area contributed by atoms with Crippen molar-refractivity contribution >= 4 is 12.0 Å². The van der Waals surface area contributed by atoms with Crippen molar-refractivity contribution in [2.45, 2.75) is 32.4 Å². The Bertz CT molecular complexity index is 841. The number of rotatable bonds is 7. The summed E-state index contributed by atoms with van der Waals surface area (Å²) in [6.45, 7) is 2.36. The van der Waals surface area contributed by atoms with E-state index in [2.05, 4.69) is 0 Å². The van der Waals surface area contributed by atoms with Crippen LogP contribution in [0.15, 0.2) is 42.5 Å². The van der Waals surface area contributed by atoms with Crippen molar-refractivity contribution in [1.82, 2.24) is 4.90 Å². The molecule has 2 aromatic rings. The molecule has 0 aromatic heterocycles. The first-order valence-corrected chi connectivity index (χ1v) is 9.01. The van der Waals surface area contributed by atoms with Gasteiger partial charge in [0, 0.05) is 23.7 Å². The standard InChI is InChI=1S/C22H24FNO3/c1-4-5-16-12-17(13-20(26-2)21(16)27-3)22(25)24(19-10-11-19)14-15-6-8-18(23)9-7-15/h4-9,12-13,19H,10-11,14H2,1-3H3/b5-4+. The lowest BCUT2D eigenvalue weighted by molar-refractivity contribution is 0.0729. The fourth-order valence-electron chi connectivity index (χ4n) is 3.13. The Morgan fingerprint density at radius 1 is 1.19 bits per heavy atom. The highest BCUT2D eigenvalue weighted by Crippen LogP contribution is 2.36. The van der Waals surface area contributed by atoms with Gasteiger partial charge in [-0.2, -0.15) is 0 Å². The third-order valence-electron chi connectivity index (χ3n) is 4.62. The number of amides is 1. The number of carbonyl (C=O) groups is 1. The van der Waals surface area contributed by atoms with Crippen LogP contribution in [0.4, 0.5) is 4.39 Å². The summed E-state index contributed by atoms with van der Waals surface area (Å²) in [6, 6.07) is 10.0. The molecule has 0 saturated heterocycles. The summed E-state index contributed by atoms with van der Waals surface area (Å²) in [5, 5.41) is 0. The van der Waals surface area contributed by atoms with Crippen LogP contribution in [0.3, 0.4) is 0 Å². The van der Waals surface area contributed by atoms with Gasteiger partial charge in [0.25, 0.3) is 5.91 Å². The predicted molar refractivity (Wildman–Crippen MR) is 104 cm³/mol. The van der Waals surface area contributed by atoms with Crippen LogP contribution in [0.1, 0.15) is 41.3 Å². The maximum Gasteiger partial charge on any atom is 0.254 e. The summed E-state index contributed by atoms with van der Waals surface area (Å²) in [4.78, 5) is 15.1. The lowest BCUT2D eigenvalue weighted by atomic mass is 10.1. The Morgan fingerprint density at radius 3 is 2.44 bits per heavy atom. The number of allylic oxidation sites excluding steroid dienone is 1. The normalized spacial score (nSPS) is 13.6. The number of halogens is 1. The van der Waals surface area contributed by atoms with E-state index < -0.39 is 0 Å². The first-order chi connectivity index (χ1) is 13.1. The lowest BCUT2D eigenvalue weighted by Gasteiger charge is -2.23. The highest BCUT2D eigenvalue weighted by molar-refractivity contribution is 5.96. The first-order valence-electron chi connectivity index (χ1n) is 9.01. The van der Waals surface area contributed by atoms with E-state index in [0.717, 1.165) is 24.0 Å². The number of ether oxygens (including phenoxy) is 2. The summed E-state index contributed by atoms with van der Waals surface area (Å²) in [6.07, 6.45) is 5.76. The van der Waals surface area contributed by atoms with E-state index in [1.807, 2.05) is 30.0 Å². The second-order valence-electron chi connectivity index (χ2n) is 6.59. The van der Waals surface area contributed by atoms with Crippen LogP contribution in [0.25, 0.3) is 6.08 Å². The molecule has 0 unspecified atom stereocenters. The molecule has 1 fully saturated rings. The molecule has 142 valence electrons. The molecule has 1 saturated carbocycles. The van der Waals surface area contributed by atoms with E-state index in [-0.39, 0.29) is 17.8 Å². The molecule has 0 N–H and O–H groups in total. The molecular weight excluding hydrogens is 345 g/mol. The van der Waals surface area contributed by atoms with Crippen LogP contribution in [0.5, 0.6) is 11.5 Å². The minimum Gasteiger partial charge on any atom is -0.493 e. The van der Waals surface area contributed by atoms with Gasteiger partial charge in [0.1, 0.15) is 5.82 Å². The fourth-order valence-corrected chi connectivity index (χ4v) is 3.13. The average Bonchev–Trinajstić information content (AvgIpc) is 3.51. The van der Waals surface area contributed by atoms with Gasteiger partial charge in [-0.25, -0.2) is 4.39 Å². The summed E-state index contributed by atoms with van der Waals surface area (Å²) in [7, 11) is 3.14. The van der Waals surface area contributed by atoms with Gasteiger partial charge in [-0.05, 0) is 49.6 Å². The number of hydrogen-bond donors (Lipinski definition) is 0. The van der Waals surface area contributed by atoms with Crippen molar-refractivity contribution < 1.29 is 18.7 Å². The molecule has 4 nitrogen and oxygen atoms in total. The third-order valence-corrected chi connectivity index (χ3v) is 4.62. The van der Waals surface area contributed by atoms with E-state index in [1.165, 1.54) is 12.1 Å². The minimum atomic E-state index is -0.279. The van der Waals surface area contributed by atoms with Gasteiger partial charge in [-0.3, -0.25) is 4.79 Å². The topological polar surface area (TPSA) is 38.8 Å². The fraction of sp³-hybridized carbons (Fsp3) is 0.318. The van der Waals surface area contributed by atoms with Crippen LogP contribution >= 0.6 is 0 Å². The zero-order valence-electron chi connectivity index (χ0n) is 15.9. The first kappa shape index (κ1) is 19.0. The number of methoxy groups -OCH3 is 2. The maximum absolute atomic E-state index is 13.3. The van der Waals surface area contributed by atoms with Gasteiger partial charge in [0.2, 0.25) is 0 Å². The SMILES string of the molecule is C/C=C/c1cc(C(=O)N(Cc2ccc(F)cc2)C2CC2)cc(OC)c1OC. The second kappa shape index (κ2) is 8.25. The van der Waals surface area contributed by atoms with Crippen molar-refractivity contribution in [2.24, 2.45) is 0 Å². The smallest absolute Gasteiger partial charge is 0.254 e. The Morgan fingerprint density at radius 2 is 1.89 bits per heavy atom. The molecule has 2 aromatic carbocycles. The molecule has 27 heavy (non-hydrogen) atoms. The zero-order chi connectivity index (χ0) is 19.4. The predicted octanol–water partition coefficient (Wildman–Crippen LogP) is 4.68. The molecule has 1 aliphatic rings. The summed E-state index contributed by atoms with van der Waals surface area (Å²) >= 11 is 0. The molecule has 0 atom stereocenters. The average molecular weight is 369 g/mol. The molecule has 0 spiro atoms. The van der Waals surface area contributed by atoms with Crippen molar-refractivity contribution in [3.63, 3.8) is 0 Å². The molecule has 0 aliphatic heterocycles. The zero-order valence-corrected chi connectivity index (χ0v) is 15.9. The molecule has 0 bridgehead atoms. The highest BCUT2D eigenvalue weighted by Gasteiger charge is 2.33. The Hall–Kier alpha value is -2.82. The Labute approximate surface area is 159 Å². The second-order valence-corrected chi connectivity index (χ2v) is 6.59. The molecule has 0 radical (unpaired) electrons. The van der Waals surface area contributed by atoms with E-state index in [9.17, 15) is 9.18 Å². The minimum absolute atomic E-state index is 0.0615. The Kier molecular flexibility index (Phi) is 5.79. The van der Waals surface area contributed by atoms with E-state index in [4.69, 9.17) is 9.47 Å². The summed E-state index contributed by atoms with van der Waals surface area (Å²) < 4.78 is 24.1. The third kappa shape index (κ3) is 4.30. The van der Waals surface area contributed by atoms with Gasteiger partial charge >= 0.3 is 0 Å². The number of benzene rings is 2. The molecule has 5 heteroatoms. The lowest BCUT2D eigenvalue weighted by Crippen LogP contribution is -2.32. The maximum atomic E-state index is 13.3. The van der Waals surface area contributed by atoms with Gasteiger partial charge in [-0.15, -0.1) is 0 Å². The highest BCUT2D eigenvalue weighted by atomic mass is 19.1. The molecule has 0 heterocycles. The van der Waals surface area contributed by atoms with Crippen LogP contribution < -0.4 is 9.47 Å². The molecule has 1 aliphatic carbocycles. The van der Waals surface area contributed by atoms with Gasteiger partial charge < -0.3 is 14.4 Å². The van der Waals surface area contributed by atoms with E-state index in [1.54, 1.807) is 32.4 Å². The molecule has 1 amide bonds. The summed E-state index contributed by atoms with van der Waals surface area (Å²) in [5.74, 6) is 0.783. The Balaban J connectivity index is 1.94. The van der Waals surface area contributed by atoms with Crippen molar-refractivity contribution in [3.8, 4) is 11.5 Å². The van der Waals surface area contributed by atoms with Gasteiger partial charge in [0.15, 0.2) is 11.5 Å². The number of carbonyl (C=O) groups excluding carboxylic acids is 1. The van der Waals surface area contributed by atoms with Crippen molar-refractivity contribution in [1.29, 1.82) is 0 Å². The quantitative estimate of drug-likeness (QED) is 0.711. The largest absolute Gasteiger partial charge is 0.493 e. The van der Waals surface area contributed by atoms with E-state index in [0.29, 0.717) is 23.6 Å². The monoisotopic (exact) mass is 369 g/mol. The van der Waals surface area contributed by atoms with Crippen molar-refractivity contribution in [3.05, 3.63) is 65.0 Å². The van der Waals surface area contributed by atoms with Gasteiger partial charge in [0.05, 0.1) is 14.2 Å². The number of hydrogen-bond acceptors (Lipinski definition) is 3. The van der Waals surface area contributed by atoms with E-state index >= 15 is 0 Å². The van der Waals surface area contributed by atoms with Gasteiger partial charge in [-0.1, -0.05) is 24.3 Å². The van der Waals surface area contributed by atoms with Crippen molar-refractivity contribution in [2.75, 3.05) is 14.2 Å². The van der Waals surface area contributed by atoms with Crippen LogP contribution in [0, 0.1) is 5.82 Å². The van der Waals surface area contributed by atoms with Crippen LogP contribution in [-0.2, 0) is 6.54 Å².